The Balaban J connectivity index is 2.93. The summed E-state index contributed by atoms with van der Waals surface area (Å²) < 4.78 is 26.5. The first kappa shape index (κ1) is 7.40. The molecular weight excluding hydrogens is 114 g/mol. The minimum absolute atomic E-state index is 0.593. The number of allylic oxidation sites excluding steroid dienone is 1. The molecule has 0 N–H and O–H groups in total. The molecule has 0 saturated carbocycles. The highest BCUT2D eigenvalue weighted by Gasteiger charge is 2.01. The minimum Gasteiger partial charge on any atom is -0.495 e. The Morgan fingerprint density at radius 1 is 1.62 bits per heavy atom. The fourth-order valence-corrected chi connectivity index (χ4v) is 0.207. The number of ether oxygens (including phenoxy) is 1. The molecule has 0 unspecified atom stereocenters. The summed E-state index contributed by atoms with van der Waals surface area (Å²) in [5.41, 5.74) is 0. The quantitative estimate of drug-likeness (QED) is 0.518. The van der Waals surface area contributed by atoms with E-state index in [1.807, 2.05) is 0 Å². The first-order valence-corrected chi connectivity index (χ1v) is 2.17. The van der Waals surface area contributed by atoms with Gasteiger partial charge in [-0.2, -0.15) is 8.78 Å². The molecule has 3 heteroatoms. The topological polar surface area (TPSA) is 9.23 Å². The van der Waals surface area contributed by atoms with E-state index in [4.69, 9.17) is 0 Å². The second-order valence-electron chi connectivity index (χ2n) is 1.12. The minimum atomic E-state index is -1.71. The lowest BCUT2D eigenvalue weighted by molar-refractivity contribution is 0.151. The molecule has 0 aliphatic rings. The summed E-state index contributed by atoms with van der Waals surface area (Å²) in [6.45, 7) is 1.10. The van der Waals surface area contributed by atoms with E-state index in [1.54, 1.807) is 13.0 Å². The van der Waals surface area contributed by atoms with Crippen LogP contribution in [-0.4, -0.2) is 6.61 Å². The second kappa shape index (κ2) is 4.56. The van der Waals surface area contributed by atoms with E-state index in [2.05, 4.69) is 4.74 Å². The van der Waals surface area contributed by atoms with Crippen molar-refractivity contribution >= 4 is 0 Å². The first-order valence-electron chi connectivity index (χ1n) is 2.17. The van der Waals surface area contributed by atoms with Gasteiger partial charge >= 0.3 is 6.43 Å². The zero-order chi connectivity index (χ0) is 6.41. The van der Waals surface area contributed by atoms with Crippen LogP contribution in [0.25, 0.3) is 0 Å². The summed E-state index contributed by atoms with van der Waals surface area (Å²) in [6, 6.07) is 0. The summed E-state index contributed by atoms with van der Waals surface area (Å²) in [5, 5.41) is 0. The van der Waals surface area contributed by atoms with Crippen LogP contribution in [0.2, 0.25) is 0 Å². The Morgan fingerprint density at radius 2 is 2.25 bits per heavy atom. The van der Waals surface area contributed by atoms with Crippen molar-refractivity contribution in [1.29, 1.82) is 0 Å². The summed E-state index contributed by atoms with van der Waals surface area (Å²) in [6.07, 6.45) is 1.06. The molecule has 0 fully saturated rings. The van der Waals surface area contributed by atoms with E-state index in [9.17, 15) is 8.78 Å². The highest BCUT2D eigenvalue weighted by Crippen LogP contribution is 2.01. The third kappa shape index (κ3) is 5.40. The molecule has 1 radical (unpaired) electrons. The van der Waals surface area contributed by atoms with Crippen molar-refractivity contribution in [1.82, 2.24) is 0 Å². The van der Waals surface area contributed by atoms with E-state index in [0.29, 0.717) is 0 Å². The van der Waals surface area contributed by atoms with Gasteiger partial charge in [-0.15, -0.1) is 0 Å². The normalized spacial score (nSPS) is 11.0. The molecule has 0 atom stereocenters. The Hall–Kier alpha value is -0.600. The lowest BCUT2D eigenvalue weighted by atomic mass is 10.7. The van der Waals surface area contributed by atoms with Gasteiger partial charge in [-0.1, -0.05) is 6.08 Å². The molecule has 8 heavy (non-hydrogen) atoms. The van der Waals surface area contributed by atoms with E-state index in [-0.39, 0.29) is 0 Å². The molecular formula is C5H7F2O. The lowest BCUT2D eigenvalue weighted by Crippen LogP contribution is -1.90. The van der Waals surface area contributed by atoms with Crippen LogP contribution >= 0.6 is 0 Å². The summed E-state index contributed by atoms with van der Waals surface area (Å²) in [7, 11) is 0. The third-order valence-electron chi connectivity index (χ3n) is 0.425. The van der Waals surface area contributed by atoms with Crippen molar-refractivity contribution in [2.24, 2.45) is 0 Å². The Morgan fingerprint density at radius 3 is 2.62 bits per heavy atom. The van der Waals surface area contributed by atoms with Crippen molar-refractivity contribution in [3.05, 3.63) is 18.8 Å². The van der Waals surface area contributed by atoms with Crippen molar-refractivity contribution < 1.29 is 13.5 Å². The van der Waals surface area contributed by atoms with Crippen LogP contribution in [0.5, 0.6) is 0 Å². The fraction of sp³-hybridized carbons (Fsp3) is 0.400. The number of halogens is 2. The summed E-state index contributed by atoms with van der Waals surface area (Å²) >= 11 is 0. The predicted molar refractivity (Wildman–Crippen MR) is 26.2 cm³/mol. The van der Waals surface area contributed by atoms with Gasteiger partial charge < -0.3 is 4.74 Å². The maximum Gasteiger partial charge on any atom is 0.346 e. The molecule has 0 heterocycles. The van der Waals surface area contributed by atoms with Crippen LogP contribution < -0.4 is 0 Å². The van der Waals surface area contributed by atoms with E-state index < -0.39 is 13.0 Å². The van der Waals surface area contributed by atoms with Gasteiger partial charge in [0.05, 0.1) is 6.26 Å². The van der Waals surface area contributed by atoms with Gasteiger partial charge in [-0.3, -0.25) is 0 Å². The van der Waals surface area contributed by atoms with Crippen LogP contribution in [0.1, 0.15) is 6.92 Å². The highest BCUT2D eigenvalue weighted by molar-refractivity contribution is 4.67. The van der Waals surface area contributed by atoms with E-state index >= 15 is 0 Å². The average molecular weight is 121 g/mol. The highest BCUT2D eigenvalue weighted by atomic mass is 19.3. The van der Waals surface area contributed by atoms with Crippen LogP contribution in [0.4, 0.5) is 8.78 Å². The first-order chi connectivity index (χ1) is 3.77. The molecule has 0 aromatic carbocycles. The summed E-state index contributed by atoms with van der Waals surface area (Å²) in [5.74, 6) is 0. The Kier molecular flexibility index (Phi) is 4.21. The molecule has 0 bridgehead atoms. The maximum absolute atomic E-state index is 11.1. The average Bonchev–Trinajstić information content (AvgIpc) is 1.66. The van der Waals surface area contributed by atoms with Gasteiger partial charge in [0.15, 0.2) is 6.61 Å². The molecule has 0 aliphatic carbocycles. The van der Waals surface area contributed by atoms with Crippen molar-refractivity contribution in [2.45, 2.75) is 6.92 Å². The zero-order valence-corrected chi connectivity index (χ0v) is 4.53. The van der Waals surface area contributed by atoms with Crippen molar-refractivity contribution in [3.8, 4) is 0 Å². The zero-order valence-electron chi connectivity index (χ0n) is 4.53. The van der Waals surface area contributed by atoms with Gasteiger partial charge in [0.25, 0.3) is 0 Å². The number of rotatable bonds is 3. The lowest BCUT2D eigenvalue weighted by Gasteiger charge is -1.93. The molecule has 0 aromatic rings. The van der Waals surface area contributed by atoms with Gasteiger partial charge in [-0.05, 0) is 6.92 Å². The molecule has 47 valence electrons. The van der Waals surface area contributed by atoms with Crippen LogP contribution in [0.15, 0.2) is 12.3 Å². The maximum atomic E-state index is 11.1. The Labute approximate surface area is 47.0 Å². The molecule has 0 saturated heterocycles. The van der Waals surface area contributed by atoms with Gasteiger partial charge in [0, 0.05) is 0 Å². The van der Waals surface area contributed by atoms with Gasteiger partial charge in [0.1, 0.15) is 0 Å². The number of hydrogen-bond acceptors (Lipinski definition) is 1. The molecule has 0 rings (SSSR count). The standard InChI is InChI=1S/C5H7F2O/c1-2-3-8-4-5(6)7/h2-3H,4H2,1H3/b3-2-. The van der Waals surface area contributed by atoms with Crippen LogP contribution in [-0.2, 0) is 4.74 Å². The molecule has 0 aliphatic heterocycles. The summed E-state index contributed by atoms with van der Waals surface area (Å²) in [4.78, 5) is 0. The smallest absolute Gasteiger partial charge is 0.346 e. The Bertz CT molecular complexity index is 70.8. The largest absolute Gasteiger partial charge is 0.495 e. The van der Waals surface area contributed by atoms with Crippen LogP contribution in [0.3, 0.4) is 0 Å². The predicted octanol–water partition coefficient (Wildman–Crippen LogP) is 1.97. The molecule has 1 nitrogen and oxygen atoms in total. The van der Waals surface area contributed by atoms with E-state index in [0.717, 1.165) is 0 Å². The van der Waals surface area contributed by atoms with Crippen LogP contribution in [0, 0.1) is 6.43 Å². The third-order valence-corrected chi connectivity index (χ3v) is 0.425. The van der Waals surface area contributed by atoms with Crippen molar-refractivity contribution in [3.63, 3.8) is 0 Å². The molecule has 0 spiro atoms. The fourth-order valence-electron chi connectivity index (χ4n) is 0.207. The van der Waals surface area contributed by atoms with Crippen molar-refractivity contribution in [2.75, 3.05) is 6.61 Å². The molecule has 0 amide bonds. The van der Waals surface area contributed by atoms with Gasteiger partial charge in [0.2, 0.25) is 0 Å². The van der Waals surface area contributed by atoms with E-state index in [1.165, 1.54) is 6.26 Å². The second-order valence-corrected chi connectivity index (χ2v) is 1.12. The SMILES string of the molecule is C/C=C\OC[C](F)F. The molecule has 0 aromatic heterocycles. The monoisotopic (exact) mass is 121 g/mol. The van der Waals surface area contributed by atoms with Gasteiger partial charge in [-0.25, -0.2) is 0 Å². The number of hydrogen-bond donors (Lipinski definition) is 0.